The van der Waals surface area contributed by atoms with Gasteiger partial charge in [0.25, 0.3) is 0 Å². The summed E-state index contributed by atoms with van der Waals surface area (Å²) in [5.41, 5.74) is 1.35. The molecule has 1 N–H and O–H groups in total. The maximum atomic E-state index is 14.1. The van der Waals surface area contributed by atoms with Crippen LogP contribution in [0.4, 0.5) is 8.78 Å². The third kappa shape index (κ3) is 3.67. The molecule has 1 atom stereocenters. The van der Waals surface area contributed by atoms with Crippen LogP contribution in [-0.4, -0.2) is 16.3 Å². The second kappa shape index (κ2) is 7.31. The van der Waals surface area contributed by atoms with Gasteiger partial charge < -0.3 is 5.32 Å². The summed E-state index contributed by atoms with van der Waals surface area (Å²) in [5.74, 6) is -1.10. The molecule has 0 spiro atoms. The predicted octanol–water partition coefficient (Wildman–Crippen LogP) is 3.66. The number of aryl methyl sites for hydroxylation is 1. The molecule has 1 aromatic carbocycles. The molecular formula is C16H21F2N3. The van der Waals surface area contributed by atoms with Crippen LogP contribution in [0.15, 0.2) is 30.5 Å². The maximum absolute atomic E-state index is 14.1. The summed E-state index contributed by atoms with van der Waals surface area (Å²) in [6.07, 6.45) is 3.59. The SMILES string of the molecule is CCCNC(c1ccc(F)cc1F)c1ccnn1CCC. The summed E-state index contributed by atoms with van der Waals surface area (Å²) >= 11 is 0. The van der Waals surface area contributed by atoms with Crippen molar-refractivity contribution in [3.63, 3.8) is 0 Å². The topological polar surface area (TPSA) is 29.9 Å². The lowest BCUT2D eigenvalue weighted by molar-refractivity contribution is 0.489. The van der Waals surface area contributed by atoms with E-state index in [1.807, 2.05) is 10.7 Å². The van der Waals surface area contributed by atoms with Crippen molar-refractivity contribution in [2.75, 3.05) is 6.54 Å². The van der Waals surface area contributed by atoms with E-state index in [4.69, 9.17) is 0 Å². The van der Waals surface area contributed by atoms with Crippen LogP contribution in [0.5, 0.6) is 0 Å². The van der Waals surface area contributed by atoms with Gasteiger partial charge in [-0.25, -0.2) is 8.78 Å². The van der Waals surface area contributed by atoms with E-state index in [2.05, 4.69) is 24.3 Å². The van der Waals surface area contributed by atoms with Gasteiger partial charge in [-0.1, -0.05) is 19.9 Å². The van der Waals surface area contributed by atoms with Crippen molar-refractivity contribution in [1.82, 2.24) is 15.1 Å². The van der Waals surface area contributed by atoms with Crippen LogP contribution in [0.2, 0.25) is 0 Å². The molecule has 0 saturated carbocycles. The summed E-state index contributed by atoms with van der Waals surface area (Å²) in [6, 6.07) is 5.28. The summed E-state index contributed by atoms with van der Waals surface area (Å²) < 4.78 is 29.1. The number of hydrogen-bond donors (Lipinski definition) is 1. The van der Waals surface area contributed by atoms with Crippen molar-refractivity contribution in [3.05, 3.63) is 53.4 Å². The number of benzene rings is 1. The van der Waals surface area contributed by atoms with E-state index in [1.165, 1.54) is 12.1 Å². The normalized spacial score (nSPS) is 12.6. The molecule has 0 aliphatic rings. The zero-order valence-electron chi connectivity index (χ0n) is 12.4. The molecule has 1 unspecified atom stereocenters. The Balaban J connectivity index is 2.39. The minimum atomic E-state index is -0.562. The summed E-state index contributed by atoms with van der Waals surface area (Å²) in [5, 5.41) is 7.61. The van der Waals surface area contributed by atoms with Gasteiger partial charge in [-0.2, -0.15) is 5.10 Å². The first kappa shape index (κ1) is 15.6. The van der Waals surface area contributed by atoms with Crippen LogP contribution in [0.1, 0.15) is 44.0 Å². The monoisotopic (exact) mass is 293 g/mol. The first-order valence-electron chi connectivity index (χ1n) is 7.37. The van der Waals surface area contributed by atoms with Gasteiger partial charge in [0.15, 0.2) is 0 Å². The highest BCUT2D eigenvalue weighted by atomic mass is 19.1. The first-order chi connectivity index (χ1) is 10.2. The van der Waals surface area contributed by atoms with Gasteiger partial charge in [-0.05, 0) is 31.5 Å². The van der Waals surface area contributed by atoms with Crippen molar-refractivity contribution >= 4 is 0 Å². The standard InChI is InChI=1S/C16H21F2N3/c1-3-8-19-16(13-6-5-12(17)11-14(13)18)15-7-9-20-21(15)10-4-2/h5-7,9,11,16,19H,3-4,8,10H2,1-2H3. The largest absolute Gasteiger partial charge is 0.305 e. The lowest BCUT2D eigenvalue weighted by Gasteiger charge is -2.21. The van der Waals surface area contributed by atoms with Gasteiger partial charge in [-0.15, -0.1) is 0 Å². The zero-order valence-corrected chi connectivity index (χ0v) is 12.4. The van der Waals surface area contributed by atoms with Crippen LogP contribution < -0.4 is 5.32 Å². The molecule has 114 valence electrons. The van der Waals surface area contributed by atoms with Gasteiger partial charge in [0.1, 0.15) is 11.6 Å². The summed E-state index contributed by atoms with van der Waals surface area (Å²) in [7, 11) is 0. The van der Waals surface area contributed by atoms with E-state index in [9.17, 15) is 8.78 Å². The molecule has 0 bridgehead atoms. The molecule has 0 radical (unpaired) electrons. The molecule has 3 nitrogen and oxygen atoms in total. The number of halogens is 2. The molecule has 21 heavy (non-hydrogen) atoms. The number of nitrogens with one attached hydrogen (secondary N) is 1. The summed E-state index contributed by atoms with van der Waals surface area (Å²) in [4.78, 5) is 0. The Morgan fingerprint density at radius 1 is 1.19 bits per heavy atom. The predicted molar refractivity (Wildman–Crippen MR) is 79.0 cm³/mol. The second-order valence-electron chi connectivity index (χ2n) is 5.03. The van der Waals surface area contributed by atoms with E-state index >= 15 is 0 Å². The highest BCUT2D eigenvalue weighted by Gasteiger charge is 2.21. The van der Waals surface area contributed by atoms with Crippen molar-refractivity contribution in [1.29, 1.82) is 0 Å². The van der Waals surface area contributed by atoms with Gasteiger partial charge >= 0.3 is 0 Å². The molecule has 0 amide bonds. The van der Waals surface area contributed by atoms with Gasteiger partial charge in [0.2, 0.25) is 0 Å². The molecule has 2 rings (SSSR count). The van der Waals surface area contributed by atoms with E-state index in [0.29, 0.717) is 5.56 Å². The molecule has 0 aliphatic carbocycles. The fourth-order valence-corrected chi connectivity index (χ4v) is 2.38. The average Bonchev–Trinajstić information content (AvgIpc) is 2.90. The average molecular weight is 293 g/mol. The Hall–Kier alpha value is -1.75. The van der Waals surface area contributed by atoms with Gasteiger partial charge in [0, 0.05) is 24.4 Å². The number of nitrogens with zero attached hydrogens (tertiary/aromatic N) is 2. The van der Waals surface area contributed by atoms with Crippen molar-refractivity contribution in [2.24, 2.45) is 0 Å². The van der Waals surface area contributed by atoms with Crippen molar-refractivity contribution in [2.45, 2.75) is 39.3 Å². The molecule has 5 heteroatoms. The molecule has 0 fully saturated rings. The quantitative estimate of drug-likeness (QED) is 0.844. The summed E-state index contributed by atoms with van der Waals surface area (Å²) in [6.45, 7) is 5.64. The Bertz CT molecular complexity index is 581. The van der Waals surface area contributed by atoms with Crippen molar-refractivity contribution in [3.8, 4) is 0 Å². The Labute approximate surface area is 124 Å². The molecule has 0 saturated heterocycles. The van der Waals surface area contributed by atoms with E-state index < -0.39 is 11.6 Å². The molecule has 1 aromatic heterocycles. The number of aromatic nitrogens is 2. The smallest absolute Gasteiger partial charge is 0.131 e. The molecule has 2 aromatic rings. The minimum absolute atomic E-state index is 0.320. The van der Waals surface area contributed by atoms with Crippen LogP contribution in [0.3, 0.4) is 0 Å². The Morgan fingerprint density at radius 3 is 2.67 bits per heavy atom. The lowest BCUT2D eigenvalue weighted by Crippen LogP contribution is -2.26. The Kier molecular flexibility index (Phi) is 5.44. The highest BCUT2D eigenvalue weighted by molar-refractivity contribution is 5.29. The van der Waals surface area contributed by atoms with Crippen LogP contribution >= 0.6 is 0 Å². The molecular weight excluding hydrogens is 272 g/mol. The third-order valence-corrected chi connectivity index (χ3v) is 3.35. The van der Waals surface area contributed by atoms with Crippen LogP contribution in [0, 0.1) is 11.6 Å². The van der Waals surface area contributed by atoms with Gasteiger partial charge in [-0.3, -0.25) is 4.68 Å². The van der Waals surface area contributed by atoms with Crippen LogP contribution in [0.25, 0.3) is 0 Å². The lowest BCUT2D eigenvalue weighted by atomic mass is 10.0. The van der Waals surface area contributed by atoms with Crippen molar-refractivity contribution < 1.29 is 8.78 Å². The van der Waals surface area contributed by atoms with E-state index in [-0.39, 0.29) is 6.04 Å². The first-order valence-corrected chi connectivity index (χ1v) is 7.37. The molecule has 1 heterocycles. The van der Waals surface area contributed by atoms with Gasteiger partial charge in [0.05, 0.1) is 11.7 Å². The third-order valence-electron chi connectivity index (χ3n) is 3.35. The fourth-order valence-electron chi connectivity index (χ4n) is 2.38. The fraction of sp³-hybridized carbons (Fsp3) is 0.438. The highest BCUT2D eigenvalue weighted by Crippen LogP contribution is 2.25. The zero-order chi connectivity index (χ0) is 15.2. The molecule has 0 aliphatic heterocycles. The minimum Gasteiger partial charge on any atom is -0.305 e. The number of hydrogen-bond acceptors (Lipinski definition) is 2. The Morgan fingerprint density at radius 2 is 2.00 bits per heavy atom. The van der Waals surface area contributed by atoms with E-state index in [1.54, 1.807) is 6.20 Å². The second-order valence-corrected chi connectivity index (χ2v) is 5.03. The van der Waals surface area contributed by atoms with E-state index in [0.717, 1.165) is 37.7 Å². The van der Waals surface area contributed by atoms with Crippen LogP contribution in [-0.2, 0) is 6.54 Å². The maximum Gasteiger partial charge on any atom is 0.131 e. The number of rotatable bonds is 7.